The quantitative estimate of drug-likeness (QED) is 0.301. The molecule has 2 N–H and O–H groups in total. The maximum atomic E-state index is 5.53. The highest BCUT2D eigenvalue weighted by Crippen LogP contribution is 2.39. The molecule has 2 aromatic rings. The van der Waals surface area contributed by atoms with Crippen LogP contribution in [0.2, 0.25) is 0 Å². The van der Waals surface area contributed by atoms with Crippen LogP contribution in [0, 0.1) is 0 Å². The van der Waals surface area contributed by atoms with E-state index in [1.54, 1.807) is 39.7 Å². The van der Waals surface area contributed by atoms with Gasteiger partial charge in [-0.15, -0.1) is 35.3 Å². The van der Waals surface area contributed by atoms with E-state index in [-0.39, 0.29) is 24.0 Å². The molecule has 0 fully saturated rings. The third kappa shape index (κ3) is 6.40. The van der Waals surface area contributed by atoms with Crippen LogP contribution < -0.4 is 24.8 Å². The highest BCUT2D eigenvalue weighted by Gasteiger charge is 2.15. The monoisotopic (exact) mass is 520 g/mol. The smallest absolute Gasteiger partial charge is 0.203 e. The van der Waals surface area contributed by atoms with Crippen molar-refractivity contribution in [1.29, 1.82) is 0 Å². The second-order valence-electron chi connectivity index (χ2n) is 5.67. The predicted octanol–water partition coefficient (Wildman–Crippen LogP) is 3.26. The fourth-order valence-corrected chi connectivity index (χ4v) is 3.45. The van der Waals surface area contributed by atoms with Gasteiger partial charge in [0.1, 0.15) is 5.01 Å². The van der Waals surface area contributed by atoms with Gasteiger partial charge in [-0.3, -0.25) is 4.99 Å². The third-order valence-electron chi connectivity index (χ3n) is 4.05. The second-order valence-corrected chi connectivity index (χ2v) is 6.87. The topological polar surface area (TPSA) is 77.0 Å². The molecule has 0 unspecified atom stereocenters. The summed E-state index contributed by atoms with van der Waals surface area (Å²) in [4.78, 5) is 9.96. The third-order valence-corrected chi connectivity index (χ3v) is 5.19. The first-order chi connectivity index (χ1) is 13.2. The molecule has 0 bridgehead atoms. The summed E-state index contributed by atoms with van der Waals surface area (Å²) < 4.78 is 16.3. The molecule has 0 amide bonds. The summed E-state index contributed by atoms with van der Waals surface area (Å²) >= 11 is 1.72. The molecule has 7 nitrogen and oxygen atoms in total. The lowest BCUT2D eigenvalue weighted by molar-refractivity contribution is 0.322. The molecule has 0 aliphatic rings. The fourth-order valence-electron chi connectivity index (χ4n) is 2.65. The molecule has 28 heavy (non-hydrogen) atoms. The molecular formula is C19H29IN4O3S. The summed E-state index contributed by atoms with van der Waals surface area (Å²) in [5.74, 6) is 2.69. The van der Waals surface area contributed by atoms with E-state index < -0.39 is 0 Å². The molecule has 1 aromatic carbocycles. The summed E-state index contributed by atoms with van der Waals surface area (Å²) in [7, 11) is 6.61. The summed E-state index contributed by atoms with van der Waals surface area (Å²) in [5.41, 5.74) is 1.03. The number of benzene rings is 1. The molecule has 0 radical (unpaired) electrons. The van der Waals surface area contributed by atoms with Crippen LogP contribution in [-0.4, -0.2) is 45.9 Å². The van der Waals surface area contributed by atoms with Crippen molar-refractivity contribution in [3.63, 3.8) is 0 Å². The van der Waals surface area contributed by atoms with Crippen LogP contribution in [0.3, 0.4) is 0 Å². The number of nitrogens with zero attached hydrogens (tertiary/aromatic N) is 2. The van der Waals surface area contributed by atoms with Gasteiger partial charge in [0.15, 0.2) is 17.5 Å². The van der Waals surface area contributed by atoms with Gasteiger partial charge in [-0.05, 0) is 18.9 Å². The molecule has 0 atom stereocenters. The predicted molar refractivity (Wildman–Crippen MR) is 125 cm³/mol. The van der Waals surface area contributed by atoms with Gasteiger partial charge in [0.05, 0.1) is 27.9 Å². The lowest BCUT2D eigenvalue weighted by Gasteiger charge is -2.16. The molecule has 1 aromatic heterocycles. The van der Waals surface area contributed by atoms with Crippen LogP contribution in [0.1, 0.15) is 22.4 Å². The van der Waals surface area contributed by atoms with Gasteiger partial charge in [0.25, 0.3) is 0 Å². The number of rotatable bonds is 9. The zero-order valence-corrected chi connectivity index (χ0v) is 20.1. The van der Waals surface area contributed by atoms with E-state index in [1.165, 1.54) is 4.88 Å². The number of ether oxygens (including phenoxy) is 3. The normalized spacial score (nSPS) is 10.8. The van der Waals surface area contributed by atoms with Gasteiger partial charge >= 0.3 is 0 Å². The van der Waals surface area contributed by atoms with Gasteiger partial charge in [-0.1, -0.05) is 13.0 Å². The zero-order valence-electron chi connectivity index (χ0n) is 17.0. The van der Waals surface area contributed by atoms with Gasteiger partial charge in [-0.25, -0.2) is 4.98 Å². The first-order valence-corrected chi connectivity index (χ1v) is 9.64. The van der Waals surface area contributed by atoms with Crippen molar-refractivity contribution in [2.45, 2.75) is 26.3 Å². The number of nitrogens with one attached hydrogen (secondary N) is 2. The molecule has 0 saturated carbocycles. The van der Waals surface area contributed by atoms with Gasteiger partial charge in [0.2, 0.25) is 5.75 Å². The minimum absolute atomic E-state index is 0. The Morgan fingerprint density at radius 2 is 1.86 bits per heavy atom. The number of aromatic nitrogens is 1. The van der Waals surface area contributed by atoms with E-state index in [9.17, 15) is 0 Å². The Morgan fingerprint density at radius 1 is 1.11 bits per heavy atom. The molecular weight excluding hydrogens is 491 g/mol. The Hall–Kier alpha value is -1.75. The molecule has 0 aliphatic carbocycles. The van der Waals surface area contributed by atoms with Crippen molar-refractivity contribution in [3.05, 3.63) is 33.8 Å². The molecule has 9 heteroatoms. The molecule has 0 aliphatic heterocycles. The molecule has 1 heterocycles. The molecule has 2 rings (SSSR count). The van der Waals surface area contributed by atoms with Crippen LogP contribution in [-0.2, 0) is 19.4 Å². The van der Waals surface area contributed by atoms with E-state index in [1.807, 2.05) is 18.3 Å². The van der Waals surface area contributed by atoms with Crippen molar-refractivity contribution in [3.8, 4) is 17.2 Å². The number of thiazole rings is 1. The van der Waals surface area contributed by atoms with E-state index in [0.29, 0.717) is 30.3 Å². The SMILES string of the molecule is CCc1cnc(CNC(=NC)NCCc2ccc(OC)c(OC)c2OC)s1.I. The van der Waals surface area contributed by atoms with E-state index in [2.05, 4.69) is 27.5 Å². The first-order valence-electron chi connectivity index (χ1n) is 8.82. The van der Waals surface area contributed by atoms with Crippen LogP contribution >= 0.6 is 35.3 Å². The summed E-state index contributed by atoms with van der Waals surface area (Å²) in [6.45, 7) is 3.49. The fraction of sp³-hybridized carbons (Fsp3) is 0.474. The molecule has 156 valence electrons. The zero-order chi connectivity index (χ0) is 19.6. The Labute approximate surface area is 187 Å². The Bertz CT molecular complexity index is 768. The maximum absolute atomic E-state index is 5.53. The van der Waals surface area contributed by atoms with E-state index in [0.717, 1.165) is 29.4 Å². The van der Waals surface area contributed by atoms with Crippen molar-refractivity contribution < 1.29 is 14.2 Å². The number of methoxy groups -OCH3 is 3. The average Bonchev–Trinajstić information content (AvgIpc) is 3.17. The second kappa shape index (κ2) is 12.7. The van der Waals surface area contributed by atoms with Crippen LogP contribution in [0.25, 0.3) is 0 Å². The van der Waals surface area contributed by atoms with Gasteiger partial charge in [-0.2, -0.15) is 0 Å². The maximum Gasteiger partial charge on any atom is 0.203 e. The van der Waals surface area contributed by atoms with Crippen LogP contribution in [0.5, 0.6) is 17.2 Å². The lowest BCUT2D eigenvalue weighted by atomic mass is 10.1. The lowest BCUT2D eigenvalue weighted by Crippen LogP contribution is -2.37. The number of guanidine groups is 1. The Morgan fingerprint density at radius 3 is 2.43 bits per heavy atom. The average molecular weight is 520 g/mol. The van der Waals surface area contributed by atoms with Gasteiger partial charge in [0, 0.05) is 30.2 Å². The molecule has 0 spiro atoms. The number of hydrogen-bond donors (Lipinski definition) is 2. The van der Waals surface area contributed by atoms with Crippen LogP contribution in [0.15, 0.2) is 23.3 Å². The minimum atomic E-state index is 0. The highest BCUT2D eigenvalue weighted by atomic mass is 127. The van der Waals surface area contributed by atoms with E-state index >= 15 is 0 Å². The van der Waals surface area contributed by atoms with Crippen molar-refractivity contribution in [2.24, 2.45) is 4.99 Å². The number of hydrogen-bond acceptors (Lipinski definition) is 6. The standard InChI is InChI=1S/C19H28N4O3S.HI/c1-6-14-11-22-16(27-14)12-23-19(20-2)21-10-9-13-7-8-15(24-3)18(26-5)17(13)25-4;/h7-8,11H,6,9-10,12H2,1-5H3,(H2,20,21,23);1H. The number of aliphatic imine (C=N–C) groups is 1. The van der Waals surface area contributed by atoms with Crippen LogP contribution in [0.4, 0.5) is 0 Å². The van der Waals surface area contributed by atoms with E-state index in [4.69, 9.17) is 14.2 Å². The summed E-state index contributed by atoms with van der Waals surface area (Å²) in [6, 6.07) is 3.87. The summed E-state index contributed by atoms with van der Waals surface area (Å²) in [6.07, 6.45) is 3.69. The number of halogens is 1. The summed E-state index contributed by atoms with van der Waals surface area (Å²) in [5, 5.41) is 7.66. The van der Waals surface area contributed by atoms with Crippen molar-refractivity contribution in [2.75, 3.05) is 34.9 Å². The van der Waals surface area contributed by atoms with Crippen molar-refractivity contribution >= 4 is 41.3 Å². The van der Waals surface area contributed by atoms with Gasteiger partial charge < -0.3 is 24.8 Å². The highest BCUT2D eigenvalue weighted by molar-refractivity contribution is 14.0. The minimum Gasteiger partial charge on any atom is -0.493 e. The first kappa shape index (κ1) is 24.3. The Balaban J connectivity index is 0.00000392. The Kier molecular flexibility index (Phi) is 11.0. The van der Waals surface area contributed by atoms with Crippen molar-refractivity contribution in [1.82, 2.24) is 15.6 Å². The molecule has 0 saturated heterocycles. The number of aryl methyl sites for hydroxylation is 1. The largest absolute Gasteiger partial charge is 0.493 e.